The van der Waals surface area contributed by atoms with E-state index < -0.39 is 12.0 Å². The van der Waals surface area contributed by atoms with Crippen LogP contribution in [0.25, 0.3) is 6.08 Å². The summed E-state index contributed by atoms with van der Waals surface area (Å²) in [6, 6.07) is 19.2. The van der Waals surface area contributed by atoms with Gasteiger partial charge in [0.2, 0.25) is 0 Å². The van der Waals surface area contributed by atoms with Crippen molar-refractivity contribution in [3.8, 4) is 11.5 Å². The standard InChI is InChI=1S/C30H24Cl2N2O5S/c1-17-26(29(36)38-3)27(20-7-11-22(32)12-8-20)34-28(35)25(40-30(34)33-17)15-19-6-13-23(24(14-19)37-2)39-16-18-4-9-21(31)10-5-18/h4-15,27H,16H2,1-3H3/b25-15-/t27-/m0/s1. The molecule has 0 radical (unpaired) electrons. The summed E-state index contributed by atoms with van der Waals surface area (Å²) in [5.74, 6) is 0.546. The average Bonchev–Trinajstić information content (AvgIpc) is 3.26. The number of carbonyl (C=O) groups excluding carboxylic acids is 1. The van der Waals surface area contributed by atoms with Crippen LogP contribution in [-0.2, 0) is 16.1 Å². The molecular formula is C30H24Cl2N2O5S. The lowest BCUT2D eigenvalue weighted by atomic mass is 9.96. The monoisotopic (exact) mass is 594 g/mol. The minimum Gasteiger partial charge on any atom is -0.493 e. The van der Waals surface area contributed by atoms with Crippen molar-refractivity contribution in [2.24, 2.45) is 4.99 Å². The molecule has 1 atom stereocenters. The Morgan fingerprint density at radius 3 is 2.33 bits per heavy atom. The van der Waals surface area contributed by atoms with Crippen LogP contribution in [0.5, 0.6) is 11.5 Å². The van der Waals surface area contributed by atoms with E-state index in [1.54, 1.807) is 56.5 Å². The zero-order chi connectivity index (χ0) is 28.4. The Bertz CT molecular complexity index is 1790. The molecule has 0 spiro atoms. The zero-order valence-electron chi connectivity index (χ0n) is 21.8. The topological polar surface area (TPSA) is 79.1 Å². The number of ether oxygens (including phenoxy) is 3. The molecule has 1 aromatic heterocycles. The number of esters is 1. The Morgan fingerprint density at radius 1 is 1.00 bits per heavy atom. The van der Waals surface area contributed by atoms with Gasteiger partial charge < -0.3 is 14.2 Å². The van der Waals surface area contributed by atoms with Crippen LogP contribution in [0.3, 0.4) is 0 Å². The van der Waals surface area contributed by atoms with Gasteiger partial charge >= 0.3 is 5.97 Å². The van der Waals surface area contributed by atoms with Crippen LogP contribution in [0.1, 0.15) is 29.7 Å². The Morgan fingerprint density at radius 2 is 1.68 bits per heavy atom. The van der Waals surface area contributed by atoms with Gasteiger partial charge in [-0.2, -0.15) is 0 Å². The molecule has 10 heteroatoms. The summed E-state index contributed by atoms with van der Waals surface area (Å²) in [6.45, 7) is 2.08. The molecule has 7 nitrogen and oxygen atoms in total. The zero-order valence-corrected chi connectivity index (χ0v) is 24.1. The number of hydrogen-bond donors (Lipinski definition) is 0. The molecule has 0 N–H and O–H groups in total. The summed E-state index contributed by atoms with van der Waals surface area (Å²) in [6.07, 6.45) is 1.77. The quantitative estimate of drug-likeness (QED) is 0.271. The Kier molecular flexibility index (Phi) is 8.12. The lowest BCUT2D eigenvalue weighted by Gasteiger charge is -2.24. The second kappa shape index (κ2) is 11.7. The molecule has 0 aliphatic carbocycles. The van der Waals surface area contributed by atoms with E-state index in [1.807, 2.05) is 30.3 Å². The van der Waals surface area contributed by atoms with Gasteiger partial charge in [-0.3, -0.25) is 9.36 Å². The first-order valence-electron chi connectivity index (χ1n) is 12.2. The number of methoxy groups -OCH3 is 2. The van der Waals surface area contributed by atoms with Gasteiger partial charge in [0.05, 0.1) is 36.1 Å². The fourth-order valence-corrected chi connectivity index (χ4v) is 5.74. The second-order valence-electron chi connectivity index (χ2n) is 8.95. The summed E-state index contributed by atoms with van der Waals surface area (Å²) in [5.41, 5.74) is 2.94. The van der Waals surface area contributed by atoms with E-state index in [2.05, 4.69) is 4.99 Å². The van der Waals surface area contributed by atoms with Crippen molar-refractivity contribution in [3.63, 3.8) is 0 Å². The van der Waals surface area contributed by atoms with E-state index in [0.717, 1.165) is 16.7 Å². The van der Waals surface area contributed by atoms with Crippen molar-refractivity contribution in [2.75, 3.05) is 14.2 Å². The van der Waals surface area contributed by atoms with Crippen LogP contribution < -0.4 is 24.4 Å². The van der Waals surface area contributed by atoms with Crippen molar-refractivity contribution in [1.82, 2.24) is 4.57 Å². The average molecular weight is 596 g/mol. The van der Waals surface area contributed by atoms with Crippen molar-refractivity contribution in [2.45, 2.75) is 19.6 Å². The minimum atomic E-state index is -0.707. The van der Waals surface area contributed by atoms with Crippen LogP contribution in [0.2, 0.25) is 10.0 Å². The summed E-state index contributed by atoms with van der Waals surface area (Å²) in [4.78, 5) is 31.6. The van der Waals surface area contributed by atoms with E-state index in [1.165, 1.54) is 23.0 Å². The molecule has 204 valence electrons. The Labute approximate surface area is 244 Å². The molecule has 0 saturated carbocycles. The maximum Gasteiger partial charge on any atom is 0.338 e. The van der Waals surface area contributed by atoms with Crippen LogP contribution in [0, 0.1) is 0 Å². The summed E-state index contributed by atoms with van der Waals surface area (Å²) in [7, 11) is 2.87. The Balaban J connectivity index is 1.53. The van der Waals surface area contributed by atoms with Gasteiger partial charge in [-0.25, -0.2) is 9.79 Å². The molecule has 0 bridgehead atoms. The van der Waals surface area contributed by atoms with E-state index in [-0.39, 0.29) is 5.56 Å². The van der Waals surface area contributed by atoms with Gasteiger partial charge in [-0.05, 0) is 66.1 Å². The summed E-state index contributed by atoms with van der Waals surface area (Å²) < 4.78 is 18.5. The fourth-order valence-electron chi connectivity index (χ4n) is 4.44. The number of aromatic nitrogens is 1. The maximum absolute atomic E-state index is 13.8. The molecule has 40 heavy (non-hydrogen) atoms. The van der Waals surface area contributed by atoms with Crippen LogP contribution >= 0.6 is 34.5 Å². The lowest BCUT2D eigenvalue weighted by molar-refractivity contribution is -0.136. The highest BCUT2D eigenvalue weighted by Crippen LogP contribution is 2.32. The second-order valence-corrected chi connectivity index (χ2v) is 10.8. The lowest BCUT2D eigenvalue weighted by Crippen LogP contribution is -2.39. The van der Waals surface area contributed by atoms with Crippen molar-refractivity contribution in [3.05, 3.63) is 124 Å². The molecule has 1 aliphatic rings. The van der Waals surface area contributed by atoms with E-state index >= 15 is 0 Å². The molecule has 0 fully saturated rings. The number of allylic oxidation sites excluding steroid dienone is 1. The van der Waals surface area contributed by atoms with Crippen LogP contribution in [-0.4, -0.2) is 24.8 Å². The molecular weight excluding hydrogens is 571 g/mol. The molecule has 0 amide bonds. The number of hydrogen-bond acceptors (Lipinski definition) is 7. The van der Waals surface area contributed by atoms with Gasteiger partial charge in [0, 0.05) is 10.0 Å². The van der Waals surface area contributed by atoms with E-state index in [9.17, 15) is 9.59 Å². The number of thiazole rings is 1. The van der Waals surface area contributed by atoms with Crippen LogP contribution in [0.4, 0.5) is 0 Å². The van der Waals surface area contributed by atoms with Gasteiger partial charge in [-0.15, -0.1) is 0 Å². The van der Waals surface area contributed by atoms with Crippen molar-refractivity contribution >= 4 is 46.6 Å². The summed E-state index contributed by atoms with van der Waals surface area (Å²) >= 11 is 13.3. The van der Waals surface area contributed by atoms with Crippen molar-refractivity contribution in [1.29, 1.82) is 0 Å². The fraction of sp³-hybridized carbons (Fsp3) is 0.167. The molecule has 2 heterocycles. The smallest absolute Gasteiger partial charge is 0.338 e. The molecule has 0 saturated heterocycles. The maximum atomic E-state index is 13.8. The first kappa shape index (κ1) is 27.7. The highest BCUT2D eigenvalue weighted by molar-refractivity contribution is 7.07. The number of carbonyl (C=O) groups is 1. The van der Waals surface area contributed by atoms with Crippen molar-refractivity contribution < 1.29 is 19.0 Å². The van der Waals surface area contributed by atoms with Gasteiger partial charge in [0.1, 0.15) is 6.61 Å². The van der Waals surface area contributed by atoms with Gasteiger partial charge in [-0.1, -0.05) is 64.9 Å². The largest absolute Gasteiger partial charge is 0.493 e. The number of benzene rings is 3. The van der Waals surface area contributed by atoms with Gasteiger partial charge in [0.25, 0.3) is 5.56 Å². The molecule has 1 aliphatic heterocycles. The van der Waals surface area contributed by atoms with E-state index in [0.29, 0.717) is 48.8 Å². The van der Waals surface area contributed by atoms with Gasteiger partial charge in [0.15, 0.2) is 16.3 Å². The normalized spacial score (nSPS) is 14.9. The van der Waals surface area contributed by atoms with Crippen LogP contribution in [0.15, 0.2) is 87.8 Å². The first-order chi connectivity index (χ1) is 19.3. The predicted molar refractivity (Wildman–Crippen MR) is 156 cm³/mol. The molecule has 0 unspecified atom stereocenters. The predicted octanol–water partition coefficient (Wildman–Crippen LogP) is 5.30. The molecule has 5 rings (SSSR count). The minimum absolute atomic E-state index is 0.278. The Hall–Kier alpha value is -3.85. The number of nitrogens with zero attached hydrogens (tertiary/aromatic N) is 2. The third-order valence-electron chi connectivity index (χ3n) is 6.41. The third-order valence-corrected chi connectivity index (χ3v) is 7.89. The number of rotatable bonds is 7. The first-order valence-corrected chi connectivity index (χ1v) is 13.8. The number of fused-ring (bicyclic) bond motifs is 1. The third kappa shape index (κ3) is 5.56. The summed E-state index contributed by atoms with van der Waals surface area (Å²) in [5, 5.41) is 1.21. The SMILES string of the molecule is COC(=O)C1=C(C)N=c2s/c(=C\c3ccc(OCc4ccc(Cl)cc4)c(OC)c3)c(=O)n2[C@H]1c1ccc(Cl)cc1. The number of halogens is 2. The highest BCUT2D eigenvalue weighted by atomic mass is 35.5. The molecule has 4 aromatic rings. The highest BCUT2D eigenvalue weighted by Gasteiger charge is 2.33. The van der Waals surface area contributed by atoms with E-state index in [4.69, 9.17) is 37.4 Å². The molecule has 3 aromatic carbocycles.